The fraction of sp³-hybridized carbons (Fsp3) is 0.308. The molecule has 0 fully saturated rings. The molecule has 0 saturated carbocycles. The van der Waals surface area contributed by atoms with Crippen molar-refractivity contribution in [3.8, 4) is 0 Å². The normalized spacial score (nSPS) is 9.89. The molecule has 2 amide bonds. The van der Waals surface area contributed by atoms with Gasteiger partial charge in [-0.3, -0.25) is 0 Å². The molecule has 0 saturated heterocycles. The van der Waals surface area contributed by atoms with Crippen molar-refractivity contribution in [2.24, 2.45) is 0 Å². The van der Waals surface area contributed by atoms with E-state index in [9.17, 15) is 4.79 Å². The summed E-state index contributed by atoms with van der Waals surface area (Å²) < 4.78 is 5.25. The van der Waals surface area contributed by atoms with Crippen LogP contribution in [0.1, 0.15) is 6.92 Å². The van der Waals surface area contributed by atoms with Crippen molar-refractivity contribution < 1.29 is 9.53 Å². The van der Waals surface area contributed by atoms with Crippen molar-refractivity contribution in [3.05, 3.63) is 41.4 Å². The Bertz CT molecular complexity index is 421. The number of halogens is 1. The molecule has 2 N–H and O–H groups in total. The Morgan fingerprint density at radius 1 is 1.44 bits per heavy atom. The first-order chi connectivity index (χ1) is 8.59. The summed E-state index contributed by atoms with van der Waals surface area (Å²) in [6, 6.07) is 6.75. The molecular formula is C13H17ClN2O2. The molecule has 98 valence electrons. The Hall–Kier alpha value is -1.52. The van der Waals surface area contributed by atoms with E-state index in [1.807, 2.05) is 6.92 Å². The van der Waals surface area contributed by atoms with Gasteiger partial charge in [0.15, 0.2) is 0 Å². The van der Waals surface area contributed by atoms with Crippen molar-refractivity contribution in [2.75, 3.05) is 25.1 Å². The van der Waals surface area contributed by atoms with Crippen LogP contribution < -0.4 is 10.6 Å². The van der Waals surface area contributed by atoms with E-state index in [0.29, 0.717) is 30.5 Å². The van der Waals surface area contributed by atoms with Crippen LogP contribution in [0.5, 0.6) is 0 Å². The largest absolute Gasteiger partial charge is 0.375 e. The lowest BCUT2D eigenvalue weighted by molar-refractivity contribution is 0.159. The first-order valence-electron chi connectivity index (χ1n) is 5.61. The van der Waals surface area contributed by atoms with Gasteiger partial charge in [0.05, 0.1) is 23.9 Å². The second kappa shape index (κ2) is 7.74. The summed E-state index contributed by atoms with van der Waals surface area (Å²) in [5, 5.41) is 5.83. The number of hydrogen-bond donors (Lipinski definition) is 2. The van der Waals surface area contributed by atoms with E-state index in [0.717, 1.165) is 5.57 Å². The van der Waals surface area contributed by atoms with Crippen LogP contribution >= 0.6 is 11.6 Å². The van der Waals surface area contributed by atoms with E-state index in [1.54, 1.807) is 24.3 Å². The van der Waals surface area contributed by atoms with Gasteiger partial charge in [0.2, 0.25) is 0 Å². The number of amides is 2. The predicted molar refractivity (Wildman–Crippen MR) is 74.1 cm³/mol. The van der Waals surface area contributed by atoms with Crippen LogP contribution in [-0.4, -0.2) is 25.8 Å². The number of carbonyl (C=O) groups excluding carboxylic acids is 1. The van der Waals surface area contributed by atoms with Crippen LogP contribution in [0.15, 0.2) is 36.4 Å². The van der Waals surface area contributed by atoms with E-state index in [-0.39, 0.29) is 6.03 Å². The Kier molecular flexibility index (Phi) is 6.25. The average Bonchev–Trinajstić information content (AvgIpc) is 2.31. The zero-order valence-corrected chi connectivity index (χ0v) is 11.1. The van der Waals surface area contributed by atoms with Gasteiger partial charge in [-0.25, -0.2) is 4.79 Å². The van der Waals surface area contributed by atoms with Crippen LogP contribution in [0.2, 0.25) is 5.02 Å². The number of ether oxygens (including phenoxy) is 1. The van der Waals surface area contributed by atoms with Crippen molar-refractivity contribution >= 4 is 23.3 Å². The van der Waals surface area contributed by atoms with Gasteiger partial charge in [-0.05, 0) is 19.1 Å². The molecule has 1 rings (SSSR count). The van der Waals surface area contributed by atoms with Gasteiger partial charge in [-0.2, -0.15) is 0 Å². The molecule has 0 spiro atoms. The molecule has 0 aliphatic heterocycles. The number of anilines is 1. The highest BCUT2D eigenvalue weighted by atomic mass is 35.5. The number of urea groups is 1. The van der Waals surface area contributed by atoms with Gasteiger partial charge in [0.1, 0.15) is 0 Å². The quantitative estimate of drug-likeness (QED) is 0.615. The van der Waals surface area contributed by atoms with Gasteiger partial charge >= 0.3 is 6.03 Å². The molecule has 0 heterocycles. The van der Waals surface area contributed by atoms with E-state index < -0.39 is 0 Å². The topological polar surface area (TPSA) is 50.4 Å². The molecule has 1 aromatic rings. The van der Waals surface area contributed by atoms with E-state index >= 15 is 0 Å². The van der Waals surface area contributed by atoms with Crippen LogP contribution in [0, 0.1) is 0 Å². The van der Waals surface area contributed by atoms with Gasteiger partial charge in [0, 0.05) is 6.54 Å². The minimum absolute atomic E-state index is 0.304. The highest BCUT2D eigenvalue weighted by molar-refractivity contribution is 6.33. The maximum absolute atomic E-state index is 11.5. The van der Waals surface area contributed by atoms with Crippen molar-refractivity contribution in [1.29, 1.82) is 0 Å². The molecule has 18 heavy (non-hydrogen) atoms. The number of carbonyl (C=O) groups is 1. The molecule has 0 aromatic heterocycles. The molecule has 4 nitrogen and oxygen atoms in total. The molecule has 0 aliphatic rings. The van der Waals surface area contributed by atoms with E-state index in [2.05, 4.69) is 17.2 Å². The minimum Gasteiger partial charge on any atom is -0.375 e. The third kappa shape index (κ3) is 5.70. The zero-order valence-electron chi connectivity index (χ0n) is 10.3. The third-order valence-corrected chi connectivity index (χ3v) is 2.33. The van der Waals surface area contributed by atoms with Crippen LogP contribution in [-0.2, 0) is 4.74 Å². The fourth-order valence-electron chi connectivity index (χ4n) is 1.21. The molecule has 0 bridgehead atoms. The highest BCUT2D eigenvalue weighted by Crippen LogP contribution is 2.19. The lowest BCUT2D eigenvalue weighted by Gasteiger charge is -2.09. The van der Waals surface area contributed by atoms with Crippen molar-refractivity contribution in [1.82, 2.24) is 5.32 Å². The number of nitrogens with one attached hydrogen (secondary N) is 2. The Morgan fingerprint density at radius 3 is 2.83 bits per heavy atom. The first kappa shape index (κ1) is 14.5. The Morgan fingerprint density at radius 2 is 2.17 bits per heavy atom. The molecule has 1 aromatic carbocycles. The lowest BCUT2D eigenvalue weighted by Crippen LogP contribution is -2.31. The van der Waals surface area contributed by atoms with Gasteiger partial charge < -0.3 is 15.4 Å². The third-order valence-electron chi connectivity index (χ3n) is 2.00. The first-order valence-corrected chi connectivity index (χ1v) is 5.99. The summed E-state index contributed by atoms with van der Waals surface area (Å²) in [5.74, 6) is 0. The molecule has 0 radical (unpaired) electrons. The summed E-state index contributed by atoms with van der Waals surface area (Å²) >= 11 is 5.91. The smallest absolute Gasteiger partial charge is 0.319 e. The predicted octanol–water partition coefficient (Wildman–Crippen LogP) is 3.05. The SMILES string of the molecule is C=C(C)COCCNC(=O)Nc1ccccc1Cl. The van der Waals surface area contributed by atoms with Gasteiger partial charge in [-0.15, -0.1) is 0 Å². The second-order valence-electron chi connectivity index (χ2n) is 3.87. The molecule has 5 heteroatoms. The molecule has 0 atom stereocenters. The number of para-hydroxylation sites is 1. The average molecular weight is 269 g/mol. The maximum Gasteiger partial charge on any atom is 0.319 e. The summed E-state index contributed by atoms with van der Waals surface area (Å²) in [6.07, 6.45) is 0. The minimum atomic E-state index is -0.304. The van der Waals surface area contributed by atoms with Gasteiger partial charge in [-0.1, -0.05) is 35.9 Å². The lowest BCUT2D eigenvalue weighted by atomic mass is 10.3. The summed E-state index contributed by atoms with van der Waals surface area (Å²) in [6.45, 7) is 6.99. The monoisotopic (exact) mass is 268 g/mol. The Balaban J connectivity index is 2.22. The summed E-state index contributed by atoms with van der Waals surface area (Å²) in [4.78, 5) is 11.5. The van der Waals surface area contributed by atoms with Gasteiger partial charge in [0.25, 0.3) is 0 Å². The molecular weight excluding hydrogens is 252 g/mol. The van der Waals surface area contributed by atoms with Crippen LogP contribution in [0.3, 0.4) is 0 Å². The number of rotatable bonds is 6. The van der Waals surface area contributed by atoms with Crippen molar-refractivity contribution in [3.63, 3.8) is 0 Å². The van der Waals surface area contributed by atoms with Crippen LogP contribution in [0.25, 0.3) is 0 Å². The second-order valence-corrected chi connectivity index (χ2v) is 4.28. The Labute approximate surface area is 112 Å². The number of benzene rings is 1. The van der Waals surface area contributed by atoms with Crippen LogP contribution in [0.4, 0.5) is 10.5 Å². The maximum atomic E-state index is 11.5. The molecule has 0 aliphatic carbocycles. The fourth-order valence-corrected chi connectivity index (χ4v) is 1.40. The van der Waals surface area contributed by atoms with E-state index in [1.165, 1.54) is 0 Å². The summed E-state index contributed by atoms with van der Waals surface area (Å²) in [7, 11) is 0. The highest BCUT2D eigenvalue weighted by Gasteiger charge is 2.03. The molecule has 0 unspecified atom stereocenters. The standard InChI is InChI=1S/C13H17ClN2O2/c1-10(2)9-18-8-7-15-13(17)16-12-6-4-3-5-11(12)14/h3-6H,1,7-9H2,2H3,(H2,15,16,17). The number of hydrogen-bond acceptors (Lipinski definition) is 2. The van der Waals surface area contributed by atoms with E-state index in [4.69, 9.17) is 16.3 Å². The zero-order chi connectivity index (χ0) is 13.4. The van der Waals surface area contributed by atoms with Crippen molar-refractivity contribution in [2.45, 2.75) is 6.92 Å². The summed E-state index contributed by atoms with van der Waals surface area (Å²) in [5.41, 5.74) is 1.54.